The van der Waals surface area contributed by atoms with Crippen molar-refractivity contribution in [1.29, 1.82) is 0 Å². The van der Waals surface area contributed by atoms with Gasteiger partial charge in [0.15, 0.2) is 0 Å². The number of aromatic nitrogens is 2. The molecule has 1 aliphatic rings. The molecule has 128 valence electrons. The van der Waals surface area contributed by atoms with Crippen LogP contribution in [0.3, 0.4) is 0 Å². The van der Waals surface area contributed by atoms with Gasteiger partial charge in [-0.25, -0.2) is 9.38 Å². The number of amides is 1. The molecule has 0 atom stereocenters. The van der Waals surface area contributed by atoms with Gasteiger partial charge in [-0.3, -0.25) is 9.59 Å². The highest BCUT2D eigenvalue weighted by molar-refractivity contribution is 5.93. The van der Waals surface area contributed by atoms with Crippen molar-refractivity contribution in [2.24, 2.45) is 0 Å². The Bertz CT molecular complexity index is 937. The minimum absolute atomic E-state index is 0.0454. The SMILES string of the molecule is O=C(NC1CCC(c2ccccc2)CC1)c1cnc2occn2c1=O. The Morgan fingerprint density at radius 2 is 1.92 bits per heavy atom. The molecule has 6 heteroatoms. The standard InChI is InChI=1S/C19H19N3O3/c23-17(16-12-20-19-22(18(16)24)10-11-25-19)21-15-8-6-14(7-9-15)13-4-2-1-3-5-13/h1-5,10-12,14-15H,6-9H2,(H,21,23). The van der Waals surface area contributed by atoms with Crippen LogP contribution in [0.5, 0.6) is 0 Å². The van der Waals surface area contributed by atoms with E-state index in [1.807, 2.05) is 6.07 Å². The minimum Gasteiger partial charge on any atom is -0.432 e. The molecule has 1 fully saturated rings. The fourth-order valence-electron chi connectivity index (χ4n) is 3.54. The van der Waals surface area contributed by atoms with Crippen LogP contribution < -0.4 is 10.9 Å². The Hall–Kier alpha value is -2.89. The molecule has 1 amide bonds. The first kappa shape index (κ1) is 15.6. The number of rotatable bonds is 3. The van der Waals surface area contributed by atoms with E-state index in [0.29, 0.717) is 5.92 Å². The highest BCUT2D eigenvalue weighted by atomic mass is 16.3. The zero-order valence-corrected chi connectivity index (χ0v) is 13.7. The summed E-state index contributed by atoms with van der Waals surface area (Å²) in [5.41, 5.74) is 0.999. The summed E-state index contributed by atoms with van der Waals surface area (Å²) in [6, 6.07) is 10.6. The normalized spacial score (nSPS) is 20.5. The largest absolute Gasteiger partial charge is 0.432 e. The first-order chi connectivity index (χ1) is 12.2. The van der Waals surface area contributed by atoms with E-state index in [9.17, 15) is 9.59 Å². The van der Waals surface area contributed by atoms with E-state index < -0.39 is 5.56 Å². The summed E-state index contributed by atoms with van der Waals surface area (Å²) in [5, 5.41) is 2.98. The third-order valence-electron chi connectivity index (χ3n) is 4.92. The number of nitrogens with one attached hydrogen (secondary N) is 1. The summed E-state index contributed by atoms with van der Waals surface area (Å²) in [7, 11) is 0. The van der Waals surface area contributed by atoms with Gasteiger partial charge in [0.25, 0.3) is 11.5 Å². The molecule has 0 aliphatic heterocycles. The van der Waals surface area contributed by atoms with Crippen LogP contribution in [0.15, 0.2) is 58.2 Å². The monoisotopic (exact) mass is 337 g/mol. The molecule has 0 spiro atoms. The van der Waals surface area contributed by atoms with E-state index in [2.05, 4.69) is 34.6 Å². The Kier molecular flexibility index (Phi) is 4.09. The van der Waals surface area contributed by atoms with Crippen molar-refractivity contribution in [3.63, 3.8) is 0 Å². The molecule has 0 bridgehead atoms. The van der Waals surface area contributed by atoms with Gasteiger partial charge in [0.05, 0.1) is 12.4 Å². The third-order valence-corrected chi connectivity index (χ3v) is 4.92. The number of carbonyl (C=O) groups is 1. The van der Waals surface area contributed by atoms with Gasteiger partial charge in [-0.05, 0) is 37.2 Å². The molecule has 2 heterocycles. The van der Waals surface area contributed by atoms with Crippen molar-refractivity contribution in [3.8, 4) is 0 Å². The lowest BCUT2D eigenvalue weighted by Gasteiger charge is -2.29. The van der Waals surface area contributed by atoms with Crippen molar-refractivity contribution in [2.75, 3.05) is 0 Å². The average molecular weight is 337 g/mol. The lowest BCUT2D eigenvalue weighted by atomic mass is 9.82. The van der Waals surface area contributed by atoms with Crippen molar-refractivity contribution < 1.29 is 9.21 Å². The maximum absolute atomic E-state index is 12.5. The molecule has 4 rings (SSSR count). The van der Waals surface area contributed by atoms with E-state index >= 15 is 0 Å². The van der Waals surface area contributed by atoms with Crippen molar-refractivity contribution >= 4 is 11.8 Å². The van der Waals surface area contributed by atoms with Crippen molar-refractivity contribution in [1.82, 2.24) is 14.7 Å². The molecule has 0 saturated heterocycles. The number of fused-ring (bicyclic) bond motifs is 1. The zero-order chi connectivity index (χ0) is 17.2. The predicted octanol–water partition coefficient (Wildman–Crippen LogP) is 2.74. The van der Waals surface area contributed by atoms with Gasteiger partial charge in [0, 0.05) is 6.04 Å². The number of benzene rings is 1. The summed E-state index contributed by atoms with van der Waals surface area (Å²) >= 11 is 0. The maximum Gasteiger partial charge on any atom is 0.308 e. The van der Waals surface area contributed by atoms with Gasteiger partial charge in [0.1, 0.15) is 11.8 Å². The van der Waals surface area contributed by atoms with Crippen LogP contribution in [-0.4, -0.2) is 21.3 Å². The van der Waals surface area contributed by atoms with Gasteiger partial charge in [0.2, 0.25) is 0 Å². The Labute approximate surface area is 144 Å². The topological polar surface area (TPSA) is 76.6 Å². The molecule has 0 unspecified atom stereocenters. The van der Waals surface area contributed by atoms with E-state index in [1.54, 1.807) is 0 Å². The molecule has 1 saturated carbocycles. The first-order valence-corrected chi connectivity index (χ1v) is 8.53. The first-order valence-electron chi connectivity index (χ1n) is 8.53. The molecule has 25 heavy (non-hydrogen) atoms. The lowest BCUT2D eigenvalue weighted by molar-refractivity contribution is 0.0923. The van der Waals surface area contributed by atoms with Crippen LogP contribution in [0.25, 0.3) is 5.84 Å². The van der Waals surface area contributed by atoms with E-state index in [-0.39, 0.29) is 23.4 Å². The van der Waals surface area contributed by atoms with Crippen LogP contribution in [0.1, 0.15) is 47.5 Å². The second-order valence-electron chi connectivity index (χ2n) is 6.47. The molecule has 0 radical (unpaired) electrons. The second-order valence-corrected chi connectivity index (χ2v) is 6.47. The van der Waals surface area contributed by atoms with Crippen LogP contribution in [0.2, 0.25) is 0 Å². The molecule has 1 aliphatic carbocycles. The smallest absolute Gasteiger partial charge is 0.308 e. The Morgan fingerprint density at radius 1 is 1.16 bits per heavy atom. The van der Waals surface area contributed by atoms with Crippen LogP contribution >= 0.6 is 0 Å². The van der Waals surface area contributed by atoms with E-state index in [4.69, 9.17) is 4.42 Å². The maximum atomic E-state index is 12.5. The van der Waals surface area contributed by atoms with Crippen LogP contribution in [0.4, 0.5) is 0 Å². The summed E-state index contributed by atoms with van der Waals surface area (Å²) in [4.78, 5) is 28.8. The lowest BCUT2D eigenvalue weighted by Crippen LogP contribution is -2.40. The predicted molar refractivity (Wildman–Crippen MR) is 92.6 cm³/mol. The van der Waals surface area contributed by atoms with Crippen LogP contribution in [0, 0.1) is 0 Å². The summed E-state index contributed by atoms with van der Waals surface area (Å²) in [5.74, 6) is 0.366. The van der Waals surface area contributed by atoms with E-state index in [0.717, 1.165) is 25.7 Å². The van der Waals surface area contributed by atoms with Crippen molar-refractivity contribution in [3.05, 3.63) is 70.5 Å². The number of nitrogens with zero attached hydrogens (tertiary/aromatic N) is 2. The molecular weight excluding hydrogens is 318 g/mol. The highest BCUT2D eigenvalue weighted by Gasteiger charge is 2.25. The number of carbonyl (C=O) groups excluding carboxylic acids is 1. The zero-order valence-electron chi connectivity index (χ0n) is 13.7. The summed E-state index contributed by atoms with van der Waals surface area (Å²) in [6.07, 6.45) is 8.01. The second kappa shape index (κ2) is 6.55. The number of hydrogen-bond acceptors (Lipinski definition) is 4. The van der Waals surface area contributed by atoms with Gasteiger partial charge in [-0.2, -0.15) is 0 Å². The summed E-state index contributed by atoms with van der Waals surface area (Å²) in [6.45, 7) is 0. The molecule has 6 nitrogen and oxygen atoms in total. The third kappa shape index (κ3) is 3.07. The highest BCUT2D eigenvalue weighted by Crippen LogP contribution is 2.32. The average Bonchev–Trinajstić information content (AvgIpc) is 3.13. The molecule has 3 aromatic rings. The van der Waals surface area contributed by atoms with Gasteiger partial charge in [-0.15, -0.1) is 0 Å². The number of oxazole rings is 1. The number of hydrogen-bond donors (Lipinski definition) is 1. The fourth-order valence-corrected chi connectivity index (χ4v) is 3.54. The minimum atomic E-state index is -0.408. The summed E-state index contributed by atoms with van der Waals surface area (Å²) < 4.78 is 6.29. The Balaban J connectivity index is 1.42. The molecule has 1 aromatic carbocycles. The fraction of sp³-hybridized carbons (Fsp3) is 0.316. The van der Waals surface area contributed by atoms with Crippen LogP contribution in [-0.2, 0) is 0 Å². The molecule has 1 N–H and O–H groups in total. The van der Waals surface area contributed by atoms with Crippen molar-refractivity contribution in [2.45, 2.75) is 37.6 Å². The van der Waals surface area contributed by atoms with Gasteiger partial charge >= 0.3 is 5.84 Å². The molecular formula is C19H19N3O3. The quantitative estimate of drug-likeness (QED) is 0.797. The van der Waals surface area contributed by atoms with Gasteiger partial charge in [-0.1, -0.05) is 30.3 Å². The molecule has 2 aromatic heterocycles. The van der Waals surface area contributed by atoms with E-state index in [1.165, 1.54) is 28.6 Å². The van der Waals surface area contributed by atoms with Gasteiger partial charge < -0.3 is 9.73 Å². The Morgan fingerprint density at radius 3 is 2.68 bits per heavy atom.